The summed E-state index contributed by atoms with van der Waals surface area (Å²) in [6.07, 6.45) is 3.82. The summed E-state index contributed by atoms with van der Waals surface area (Å²) in [4.78, 5) is 21.7. The number of hydrogen-bond donors (Lipinski definition) is 2. The molecule has 8 heteroatoms. The smallest absolute Gasteiger partial charge is 0.244 e. The van der Waals surface area contributed by atoms with E-state index in [0.717, 1.165) is 28.5 Å². The van der Waals surface area contributed by atoms with Gasteiger partial charge in [0, 0.05) is 49.2 Å². The first kappa shape index (κ1) is 23.6. The van der Waals surface area contributed by atoms with Gasteiger partial charge in [0.2, 0.25) is 5.91 Å². The van der Waals surface area contributed by atoms with Crippen LogP contribution in [0.25, 0.3) is 5.69 Å². The molecule has 0 spiro atoms. The largest absolute Gasteiger partial charge is 0.378 e. The third-order valence-electron chi connectivity index (χ3n) is 6.30. The van der Waals surface area contributed by atoms with Crippen molar-refractivity contribution in [1.29, 1.82) is 0 Å². The number of benzene rings is 2. The van der Waals surface area contributed by atoms with Gasteiger partial charge in [-0.05, 0) is 72.9 Å². The Bertz CT molecular complexity index is 1340. The number of nitrogens with zero attached hydrogens (tertiary/aromatic N) is 4. The van der Waals surface area contributed by atoms with Gasteiger partial charge in [0.25, 0.3) is 0 Å². The second-order valence-electron chi connectivity index (χ2n) is 8.88. The summed E-state index contributed by atoms with van der Waals surface area (Å²) >= 11 is 5.75. The lowest BCUT2D eigenvalue weighted by Crippen LogP contribution is -2.37. The van der Waals surface area contributed by atoms with Crippen LogP contribution < -0.4 is 15.5 Å². The molecule has 1 aliphatic rings. The SMILES string of the molecule is CN(C)c1ccc(-n2cccc2[C@@H]2[C@@H](c3ccccn3)NC(=S)N2CC(=O)Nc2ccccc2)cc1. The molecule has 3 heterocycles. The molecule has 1 fully saturated rings. The number of carbonyl (C=O) groups is 1. The topological polar surface area (TPSA) is 65.4 Å². The van der Waals surface area contributed by atoms with Crippen LogP contribution in [0, 0.1) is 0 Å². The molecule has 2 atom stereocenters. The highest BCUT2D eigenvalue weighted by Gasteiger charge is 2.42. The van der Waals surface area contributed by atoms with Gasteiger partial charge < -0.3 is 25.0 Å². The van der Waals surface area contributed by atoms with Crippen LogP contribution in [0.5, 0.6) is 0 Å². The van der Waals surface area contributed by atoms with Crippen LogP contribution in [0.2, 0.25) is 0 Å². The summed E-state index contributed by atoms with van der Waals surface area (Å²) in [7, 11) is 4.05. The van der Waals surface area contributed by atoms with E-state index in [4.69, 9.17) is 12.2 Å². The molecule has 0 radical (unpaired) electrons. The number of nitrogens with one attached hydrogen (secondary N) is 2. The number of pyridine rings is 1. The molecule has 182 valence electrons. The molecule has 0 saturated carbocycles. The van der Waals surface area contributed by atoms with E-state index in [0.29, 0.717) is 5.11 Å². The van der Waals surface area contributed by atoms with E-state index in [1.807, 2.05) is 79.8 Å². The predicted molar refractivity (Wildman–Crippen MR) is 147 cm³/mol. The zero-order chi connectivity index (χ0) is 25.1. The molecule has 2 aromatic carbocycles. The fourth-order valence-electron chi connectivity index (χ4n) is 4.56. The molecule has 0 aliphatic carbocycles. The Kier molecular flexibility index (Phi) is 6.69. The minimum atomic E-state index is -0.238. The van der Waals surface area contributed by atoms with Gasteiger partial charge in [-0.15, -0.1) is 0 Å². The summed E-state index contributed by atoms with van der Waals surface area (Å²) in [5.41, 5.74) is 4.80. The predicted octanol–water partition coefficient (Wildman–Crippen LogP) is 4.55. The van der Waals surface area contributed by atoms with Crippen LogP contribution in [0.1, 0.15) is 23.5 Å². The maximum atomic E-state index is 13.1. The molecular weight excluding hydrogens is 468 g/mol. The van der Waals surface area contributed by atoms with E-state index >= 15 is 0 Å². The number of aromatic nitrogens is 2. The van der Waals surface area contributed by atoms with E-state index in [2.05, 4.69) is 55.4 Å². The van der Waals surface area contributed by atoms with E-state index in [9.17, 15) is 4.79 Å². The molecule has 0 bridgehead atoms. The van der Waals surface area contributed by atoms with Crippen molar-refractivity contribution in [2.75, 3.05) is 30.9 Å². The summed E-state index contributed by atoms with van der Waals surface area (Å²) < 4.78 is 2.15. The summed E-state index contributed by atoms with van der Waals surface area (Å²) in [5, 5.41) is 6.93. The monoisotopic (exact) mass is 496 g/mol. The summed E-state index contributed by atoms with van der Waals surface area (Å²) in [5.74, 6) is -0.134. The second kappa shape index (κ2) is 10.2. The maximum absolute atomic E-state index is 13.1. The minimum absolute atomic E-state index is 0.111. The standard InChI is InChI=1S/C28H28N6OS/c1-32(2)21-13-15-22(16-14-21)33-18-8-12-24(33)27-26(23-11-6-7-17-29-23)31-28(36)34(27)19-25(35)30-20-9-4-3-5-10-20/h3-18,26-27H,19H2,1-2H3,(H,30,35)(H,31,36)/t26-,27-/m1/s1. The Balaban J connectivity index is 1.50. The van der Waals surface area contributed by atoms with Crippen molar-refractivity contribution in [3.63, 3.8) is 0 Å². The molecule has 0 unspecified atom stereocenters. The van der Waals surface area contributed by atoms with E-state index < -0.39 is 0 Å². The molecular formula is C28H28N6OS. The fraction of sp³-hybridized carbons (Fsp3) is 0.179. The number of rotatable bonds is 7. The number of amides is 1. The fourth-order valence-corrected chi connectivity index (χ4v) is 4.86. The van der Waals surface area contributed by atoms with Crippen LogP contribution >= 0.6 is 12.2 Å². The average molecular weight is 497 g/mol. The van der Waals surface area contributed by atoms with Gasteiger partial charge in [0.1, 0.15) is 6.54 Å². The zero-order valence-corrected chi connectivity index (χ0v) is 21.0. The zero-order valence-electron chi connectivity index (χ0n) is 20.2. The molecule has 2 N–H and O–H groups in total. The molecule has 1 saturated heterocycles. The highest BCUT2D eigenvalue weighted by molar-refractivity contribution is 7.80. The lowest BCUT2D eigenvalue weighted by Gasteiger charge is -2.28. The number of thiocarbonyl (C=S) groups is 1. The first-order chi connectivity index (χ1) is 17.5. The first-order valence-electron chi connectivity index (χ1n) is 11.8. The van der Waals surface area contributed by atoms with Crippen molar-refractivity contribution >= 4 is 34.6 Å². The van der Waals surface area contributed by atoms with Gasteiger partial charge in [-0.25, -0.2) is 0 Å². The molecule has 4 aromatic rings. The lowest BCUT2D eigenvalue weighted by molar-refractivity contribution is -0.116. The van der Waals surface area contributed by atoms with Crippen LogP contribution in [-0.2, 0) is 4.79 Å². The van der Waals surface area contributed by atoms with Crippen LogP contribution in [0.4, 0.5) is 11.4 Å². The normalized spacial score (nSPS) is 17.1. The lowest BCUT2D eigenvalue weighted by atomic mass is 10.0. The van der Waals surface area contributed by atoms with Crippen LogP contribution in [-0.4, -0.2) is 46.1 Å². The van der Waals surface area contributed by atoms with Gasteiger partial charge in [0.05, 0.1) is 17.8 Å². The van der Waals surface area contributed by atoms with Gasteiger partial charge in [-0.1, -0.05) is 24.3 Å². The van der Waals surface area contributed by atoms with Crippen molar-refractivity contribution in [2.24, 2.45) is 0 Å². The minimum Gasteiger partial charge on any atom is -0.378 e. The number of carbonyl (C=O) groups excluding carboxylic acids is 1. The van der Waals surface area contributed by atoms with E-state index in [1.165, 1.54) is 0 Å². The maximum Gasteiger partial charge on any atom is 0.244 e. The third kappa shape index (κ3) is 4.81. The Morgan fingerprint density at radius 2 is 1.75 bits per heavy atom. The average Bonchev–Trinajstić information content (AvgIpc) is 3.50. The Hall–Kier alpha value is -4.17. The van der Waals surface area contributed by atoms with Crippen molar-refractivity contribution in [3.8, 4) is 5.69 Å². The van der Waals surface area contributed by atoms with Gasteiger partial charge >= 0.3 is 0 Å². The van der Waals surface area contributed by atoms with Gasteiger partial charge in [0.15, 0.2) is 5.11 Å². The Morgan fingerprint density at radius 3 is 2.44 bits per heavy atom. The highest BCUT2D eigenvalue weighted by Crippen LogP contribution is 2.39. The molecule has 1 aliphatic heterocycles. The van der Waals surface area contributed by atoms with Gasteiger partial charge in [-0.3, -0.25) is 9.78 Å². The van der Waals surface area contributed by atoms with Crippen molar-refractivity contribution in [3.05, 3.63) is 109 Å². The Morgan fingerprint density at radius 1 is 1.00 bits per heavy atom. The first-order valence-corrected chi connectivity index (χ1v) is 12.2. The van der Waals surface area contributed by atoms with E-state index in [-0.39, 0.29) is 24.5 Å². The van der Waals surface area contributed by atoms with Crippen molar-refractivity contribution < 1.29 is 4.79 Å². The van der Waals surface area contributed by atoms with Gasteiger partial charge in [-0.2, -0.15) is 0 Å². The molecule has 2 aromatic heterocycles. The molecule has 1 amide bonds. The van der Waals surface area contributed by atoms with Crippen LogP contribution in [0.3, 0.4) is 0 Å². The van der Waals surface area contributed by atoms with Crippen molar-refractivity contribution in [1.82, 2.24) is 19.8 Å². The van der Waals surface area contributed by atoms with Crippen LogP contribution in [0.15, 0.2) is 97.3 Å². The summed E-state index contributed by atoms with van der Waals surface area (Å²) in [6, 6.07) is 27.3. The third-order valence-corrected chi connectivity index (χ3v) is 6.65. The molecule has 36 heavy (non-hydrogen) atoms. The quantitative estimate of drug-likeness (QED) is 0.366. The molecule has 5 rings (SSSR count). The number of para-hydroxylation sites is 1. The number of hydrogen-bond acceptors (Lipinski definition) is 4. The molecule has 7 nitrogen and oxygen atoms in total. The summed E-state index contributed by atoms with van der Waals surface area (Å²) in [6.45, 7) is 0.111. The highest BCUT2D eigenvalue weighted by atomic mass is 32.1. The van der Waals surface area contributed by atoms with E-state index in [1.54, 1.807) is 6.20 Å². The van der Waals surface area contributed by atoms with Crippen molar-refractivity contribution in [2.45, 2.75) is 12.1 Å². The second-order valence-corrected chi connectivity index (χ2v) is 9.27. The number of anilines is 2. The Labute approximate surface area is 216 Å².